The Morgan fingerprint density at radius 3 is 2.82 bits per heavy atom. The smallest absolute Gasteiger partial charge is 0.165 e. The van der Waals surface area contributed by atoms with E-state index in [2.05, 4.69) is 18.2 Å². The van der Waals surface area contributed by atoms with Gasteiger partial charge in [-0.2, -0.15) is 0 Å². The van der Waals surface area contributed by atoms with Gasteiger partial charge in [0, 0.05) is 13.5 Å². The third-order valence-electron chi connectivity index (χ3n) is 3.56. The van der Waals surface area contributed by atoms with Gasteiger partial charge in [0.25, 0.3) is 0 Å². The van der Waals surface area contributed by atoms with Crippen molar-refractivity contribution in [3.05, 3.63) is 34.9 Å². The summed E-state index contributed by atoms with van der Waals surface area (Å²) < 4.78 is 5.18. The maximum absolute atomic E-state index is 11.9. The van der Waals surface area contributed by atoms with Gasteiger partial charge in [-0.05, 0) is 42.4 Å². The molecule has 2 heteroatoms. The van der Waals surface area contributed by atoms with Gasteiger partial charge in [0.15, 0.2) is 5.78 Å². The summed E-state index contributed by atoms with van der Waals surface area (Å²) in [5.41, 5.74) is 4.02. The molecule has 1 aromatic carbocycles. The van der Waals surface area contributed by atoms with E-state index in [9.17, 15) is 4.79 Å². The molecule has 0 amide bonds. The zero-order chi connectivity index (χ0) is 12.3. The first-order chi connectivity index (χ1) is 8.24. The van der Waals surface area contributed by atoms with Crippen LogP contribution in [0.1, 0.15) is 36.5 Å². The van der Waals surface area contributed by atoms with E-state index in [1.54, 1.807) is 7.11 Å². The Labute approximate surface area is 103 Å². The molecule has 0 saturated heterocycles. The quantitative estimate of drug-likeness (QED) is 0.780. The number of Topliss-reactive ketones (excluding diaryl/α,β-unsaturated/α-hetero) is 1. The predicted molar refractivity (Wildman–Crippen MR) is 68.3 cm³/mol. The van der Waals surface area contributed by atoms with Gasteiger partial charge in [-0.1, -0.05) is 25.1 Å². The third-order valence-corrected chi connectivity index (χ3v) is 3.56. The van der Waals surface area contributed by atoms with Crippen molar-refractivity contribution in [1.29, 1.82) is 0 Å². The SMILES string of the molecule is CCC(OC)C(=O)Cc1ccc2c(c1)CCC2. The van der Waals surface area contributed by atoms with Crippen LogP contribution in [0.4, 0.5) is 0 Å². The highest BCUT2D eigenvalue weighted by molar-refractivity contribution is 5.85. The van der Waals surface area contributed by atoms with Gasteiger partial charge in [-0.25, -0.2) is 0 Å². The summed E-state index contributed by atoms with van der Waals surface area (Å²) in [7, 11) is 1.61. The summed E-state index contributed by atoms with van der Waals surface area (Å²) in [6.45, 7) is 1.98. The maximum atomic E-state index is 11.9. The lowest BCUT2D eigenvalue weighted by atomic mass is 10.00. The lowest BCUT2D eigenvalue weighted by Crippen LogP contribution is -2.23. The van der Waals surface area contributed by atoms with Crippen LogP contribution in [0.25, 0.3) is 0 Å². The van der Waals surface area contributed by atoms with Crippen molar-refractivity contribution in [1.82, 2.24) is 0 Å². The molecule has 0 aromatic heterocycles. The van der Waals surface area contributed by atoms with Crippen LogP contribution in [-0.2, 0) is 28.8 Å². The second-order valence-electron chi connectivity index (χ2n) is 4.73. The highest BCUT2D eigenvalue weighted by Gasteiger charge is 2.17. The van der Waals surface area contributed by atoms with E-state index in [0.29, 0.717) is 6.42 Å². The Balaban J connectivity index is 2.06. The fraction of sp³-hybridized carbons (Fsp3) is 0.533. The van der Waals surface area contributed by atoms with Crippen molar-refractivity contribution >= 4 is 5.78 Å². The summed E-state index contributed by atoms with van der Waals surface area (Å²) in [6, 6.07) is 6.46. The number of methoxy groups -OCH3 is 1. The summed E-state index contributed by atoms with van der Waals surface area (Å²) in [6.07, 6.45) is 4.61. The van der Waals surface area contributed by atoms with Crippen LogP contribution >= 0.6 is 0 Å². The molecule has 0 saturated carbocycles. The third kappa shape index (κ3) is 2.75. The highest BCUT2D eigenvalue weighted by Crippen LogP contribution is 2.23. The van der Waals surface area contributed by atoms with Crippen molar-refractivity contribution in [2.75, 3.05) is 7.11 Å². The van der Waals surface area contributed by atoms with Crippen LogP contribution in [0.15, 0.2) is 18.2 Å². The van der Waals surface area contributed by atoms with Crippen LogP contribution in [0.5, 0.6) is 0 Å². The highest BCUT2D eigenvalue weighted by atomic mass is 16.5. The van der Waals surface area contributed by atoms with Crippen LogP contribution < -0.4 is 0 Å². The molecule has 1 aliphatic carbocycles. The van der Waals surface area contributed by atoms with E-state index in [1.807, 2.05) is 6.92 Å². The van der Waals surface area contributed by atoms with Crippen molar-refractivity contribution in [2.45, 2.75) is 45.1 Å². The van der Waals surface area contributed by atoms with E-state index in [0.717, 1.165) is 12.0 Å². The number of ether oxygens (including phenoxy) is 1. The van der Waals surface area contributed by atoms with Crippen molar-refractivity contribution in [2.24, 2.45) is 0 Å². The summed E-state index contributed by atoms with van der Waals surface area (Å²) in [5, 5.41) is 0. The van der Waals surface area contributed by atoms with Gasteiger partial charge in [0.2, 0.25) is 0 Å². The molecule has 1 aliphatic rings. The largest absolute Gasteiger partial charge is 0.374 e. The van der Waals surface area contributed by atoms with Crippen LogP contribution in [0.3, 0.4) is 0 Å². The Kier molecular flexibility index (Phi) is 3.95. The number of carbonyl (C=O) groups is 1. The molecule has 0 radical (unpaired) electrons. The predicted octanol–water partition coefficient (Wildman–Crippen LogP) is 2.71. The van der Waals surface area contributed by atoms with E-state index < -0.39 is 0 Å². The first-order valence-corrected chi connectivity index (χ1v) is 6.40. The Morgan fingerprint density at radius 1 is 1.35 bits per heavy atom. The number of hydrogen-bond acceptors (Lipinski definition) is 2. The fourth-order valence-corrected chi connectivity index (χ4v) is 2.58. The Hall–Kier alpha value is -1.15. The zero-order valence-electron chi connectivity index (χ0n) is 10.7. The molecule has 0 N–H and O–H groups in total. The molecule has 0 fully saturated rings. The van der Waals surface area contributed by atoms with Gasteiger partial charge < -0.3 is 4.74 Å². The van der Waals surface area contributed by atoms with Crippen molar-refractivity contribution < 1.29 is 9.53 Å². The first-order valence-electron chi connectivity index (χ1n) is 6.40. The molecule has 17 heavy (non-hydrogen) atoms. The van der Waals surface area contributed by atoms with Gasteiger partial charge in [-0.3, -0.25) is 4.79 Å². The van der Waals surface area contributed by atoms with Gasteiger partial charge in [0.05, 0.1) is 0 Å². The van der Waals surface area contributed by atoms with Gasteiger partial charge in [0.1, 0.15) is 6.10 Å². The molecule has 0 heterocycles. The number of aryl methyl sites for hydroxylation is 2. The monoisotopic (exact) mass is 232 g/mol. The summed E-state index contributed by atoms with van der Waals surface area (Å²) >= 11 is 0. The second-order valence-corrected chi connectivity index (χ2v) is 4.73. The molecule has 1 unspecified atom stereocenters. The van der Waals surface area contributed by atoms with Crippen LogP contribution in [-0.4, -0.2) is 19.0 Å². The van der Waals surface area contributed by atoms with E-state index >= 15 is 0 Å². The molecule has 1 aromatic rings. The molecular formula is C15H20O2. The second kappa shape index (κ2) is 5.46. The number of carbonyl (C=O) groups excluding carboxylic acids is 1. The number of benzene rings is 1. The minimum atomic E-state index is -0.247. The molecule has 92 valence electrons. The van der Waals surface area contributed by atoms with Crippen LogP contribution in [0, 0.1) is 0 Å². The number of ketones is 1. The Morgan fingerprint density at radius 2 is 2.12 bits per heavy atom. The topological polar surface area (TPSA) is 26.3 Å². The molecule has 2 rings (SSSR count). The molecule has 1 atom stereocenters. The minimum absolute atomic E-state index is 0.188. The fourth-order valence-electron chi connectivity index (χ4n) is 2.58. The molecule has 2 nitrogen and oxygen atoms in total. The van der Waals surface area contributed by atoms with E-state index in [-0.39, 0.29) is 11.9 Å². The normalized spacial score (nSPS) is 15.6. The molecule has 0 aliphatic heterocycles. The number of rotatable bonds is 5. The minimum Gasteiger partial charge on any atom is -0.374 e. The number of fused-ring (bicyclic) bond motifs is 1. The van der Waals surface area contributed by atoms with Crippen molar-refractivity contribution in [3.63, 3.8) is 0 Å². The van der Waals surface area contributed by atoms with E-state index in [4.69, 9.17) is 4.74 Å². The molecule has 0 bridgehead atoms. The van der Waals surface area contributed by atoms with E-state index in [1.165, 1.54) is 30.4 Å². The first kappa shape index (κ1) is 12.3. The zero-order valence-corrected chi connectivity index (χ0v) is 10.7. The Bertz CT molecular complexity index is 405. The number of hydrogen-bond donors (Lipinski definition) is 0. The molecular weight excluding hydrogens is 212 g/mol. The van der Waals surface area contributed by atoms with Crippen LogP contribution in [0.2, 0.25) is 0 Å². The molecule has 0 spiro atoms. The average molecular weight is 232 g/mol. The standard InChI is InChI=1S/C15H20O2/c1-3-15(17-2)14(16)10-11-7-8-12-5-4-6-13(12)9-11/h7-9,15H,3-6,10H2,1-2H3. The van der Waals surface area contributed by atoms with Gasteiger partial charge >= 0.3 is 0 Å². The summed E-state index contributed by atoms with van der Waals surface area (Å²) in [5.74, 6) is 0.188. The lowest BCUT2D eigenvalue weighted by molar-refractivity contribution is -0.128. The van der Waals surface area contributed by atoms with Crippen molar-refractivity contribution in [3.8, 4) is 0 Å². The maximum Gasteiger partial charge on any atom is 0.165 e. The van der Waals surface area contributed by atoms with Gasteiger partial charge in [-0.15, -0.1) is 0 Å². The summed E-state index contributed by atoms with van der Waals surface area (Å²) in [4.78, 5) is 11.9. The average Bonchev–Trinajstić information content (AvgIpc) is 2.77. The lowest BCUT2D eigenvalue weighted by Gasteiger charge is -2.12.